The minimum absolute atomic E-state index is 0.100. The zero-order valence-corrected chi connectivity index (χ0v) is 15.0. The highest BCUT2D eigenvalue weighted by Crippen LogP contribution is 2.23. The molecule has 0 bridgehead atoms. The second-order valence-electron chi connectivity index (χ2n) is 6.18. The van der Waals surface area contributed by atoms with E-state index in [1.807, 2.05) is 0 Å². The molecule has 1 aliphatic rings. The molecule has 1 N–H and O–H groups in total. The minimum Gasteiger partial charge on any atom is -0.368 e. The number of carbonyl (C=O) groups excluding carboxylic acids is 1. The molecule has 2 aromatic rings. The molecule has 2 aromatic carbocycles. The first-order chi connectivity index (χ1) is 12.5. The van der Waals surface area contributed by atoms with Gasteiger partial charge in [0.15, 0.2) is 0 Å². The summed E-state index contributed by atoms with van der Waals surface area (Å²) in [4.78, 5) is 16.1. The number of urea groups is 1. The maximum absolute atomic E-state index is 13.3. The number of hydrogen-bond acceptors (Lipinski definition) is 2. The van der Waals surface area contributed by atoms with Crippen molar-refractivity contribution >= 4 is 23.3 Å². The summed E-state index contributed by atoms with van der Waals surface area (Å²) in [5.74, 6) is -0.701. The van der Waals surface area contributed by atoms with Crippen molar-refractivity contribution < 1.29 is 13.6 Å². The summed E-state index contributed by atoms with van der Waals surface area (Å²) in [6, 6.07) is 10.8. The third kappa shape index (κ3) is 4.64. The van der Waals surface area contributed by atoms with Gasteiger partial charge in [-0.15, -0.1) is 0 Å². The van der Waals surface area contributed by atoms with E-state index >= 15 is 0 Å². The van der Waals surface area contributed by atoms with Gasteiger partial charge in [0.2, 0.25) is 0 Å². The monoisotopic (exact) mass is 379 g/mol. The first-order valence-corrected chi connectivity index (χ1v) is 8.88. The van der Waals surface area contributed by atoms with Gasteiger partial charge in [0.1, 0.15) is 11.6 Å². The number of piperazine rings is 1. The van der Waals surface area contributed by atoms with E-state index in [0.717, 1.165) is 11.3 Å². The Hall–Kier alpha value is -2.34. The summed E-state index contributed by atoms with van der Waals surface area (Å²) in [5, 5.41) is 2.99. The third-order valence-corrected chi connectivity index (χ3v) is 4.73. The maximum atomic E-state index is 13.3. The van der Waals surface area contributed by atoms with Gasteiger partial charge in [-0.2, -0.15) is 0 Å². The van der Waals surface area contributed by atoms with Crippen LogP contribution in [0.2, 0.25) is 5.02 Å². The Morgan fingerprint density at radius 3 is 2.38 bits per heavy atom. The van der Waals surface area contributed by atoms with Gasteiger partial charge in [-0.25, -0.2) is 13.6 Å². The third-order valence-electron chi connectivity index (χ3n) is 4.44. The molecular weight excluding hydrogens is 360 g/mol. The van der Waals surface area contributed by atoms with E-state index < -0.39 is 5.82 Å². The molecule has 1 heterocycles. The van der Waals surface area contributed by atoms with Crippen molar-refractivity contribution in [2.45, 2.75) is 6.42 Å². The molecule has 4 nitrogen and oxygen atoms in total. The van der Waals surface area contributed by atoms with Gasteiger partial charge < -0.3 is 15.1 Å². The molecule has 0 aromatic heterocycles. The second kappa shape index (κ2) is 8.36. The van der Waals surface area contributed by atoms with Crippen LogP contribution < -0.4 is 10.2 Å². The Morgan fingerprint density at radius 1 is 1.04 bits per heavy atom. The summed E-state index contributed by atoms with van der Waals surface area (Å²) < 4.78 is 26.1. The Morgan fingerprint density at radius 2 is 1.73 bits per heavy atom. The normalized spacial score (nSPS) is 14.4. The molecule has 1 aliphatic heterocycles. The number of nitrogens with one attached hydrogen (secondary N) is 1. The van der Waals surface area contributed by atoms with E-state index in [2.05, 4.69) is 10.2 Å². The van der Waals surface area contributed by atoms with Gasteiger partial charge in [-0.1, -0.05) is 23.7 Å². The van der Waals surface area contributed by atoms with E-state index in [-0.39, 0.29) is 16.9 Å². The lowest BCUT2D eigenvalue weighted by Crippen LogP contribution is -2.52. The SMILES string of the molecule is O=C(NCCc1ccc(F)cc1)N1CCN(c2ccc(F)c(Cl)c2)CC1. The van der Waals surface area contributed by atoms with Crippen LogP contribution >= 0.6 is 11.6 Å². The number of benzene rings is 2. The van der Waals surface area contributed by atoms with Crippen LogP contribution in [0.5, 0.6) is 0 Å². The Labute approximate surface area is 156 Å². The van der Waals surface area contributed by atoms with Crippen molar-refractivity contribution in [3.8, 4) is 0 Å². The number of hydrogen-bond donors (Lipinski definition) is 1. The molecule has 0 unspecified atom stereocenters. The minimum atomic E-state index is -0.436. The molecule has 26 heavy (non-hydrogen) atoms. The molecule has 1 fully saturated rings. The molecule has 1 saturated heterocycles. The Bertz CT molecular complexity index is 762. The molecule has 0 spiro atoms. The van der Waals surface area contributed by atoms with Gasteiger partial charge in [-0.05, 0) is 42.3 Å². The summed E-state index contributed by atoms with van der Waals surface area (Å²) in [5.41, 5.74) is 1.83. The largest absolute Gasteiger partial charge is 0.368 e. The van der Waals surface area contributed by atoms with Crippen molar-refractivity contribution in [3.05, 3.63) is 64.7 Å². The van der Waals surface area contributed by atoms with Crippen LogP contribution in [-0.2, 0) is 6.42 Å². The lowest BCUT2D eigenvalue weighted by atomic mass is 10.1. The predicted octanol–water partition coefficient (Wildman–Crippen LogP) is 3.69. The van der Waals surface area contributed by atoms with Gasteiger partial charge in [0.25, 0.3) is 0 Å². The van der Waals surface area contributed by atoms with Gasteiger partial charge in [-0.3, -0.25) is 0 Å². The van der Waals surface area contributed by atoms with Crippen molar-refractivity contribution in [2.24, 2.45) is 0 Å². The van der Waals surface area contributed by atoms with Gasteiger partial charge in [0, 0.05) is 38.4 Å². The average Bonchev–Trinajstić information content (AvgIpc) is 2.65. The fourth-order valence-electron chi connectivity index (χ4n) is 2.93. The van der Waals surface area contributed by atoms with Crippen LogP contribution in [0.1, 0.15) is 5.56 Å². The first-order valence-electron chi connectivity index (χ1n) is 8.50. The lowest BCUT2D eigenvalue weighted by Gasteiger charge is -2.36. The fraction of sp³-hybridized carbons (Fsp3) is 0.316. The smallest absolute Gasteiger partial charge is 0.317 e. The van der Waals surface area contributed by atoms with Crippen molar-refractivity contribution in [3.63, 3.8) is 0 Å². The second-order valence-corrected chi connectivity index (χ2v) is 6.59. The molecule has 138 valence electrons. The van der Waals surface area contributed by atoms with Crippen LogP contribution in [0.3, 0.4) is 0 Å². The van der Waals surface area contributed by atoms with Crippen LogP contribution in [0.25, 0.3) is 0 Å². The van der Waals surface area contributed by atoms with Crippen LogP contribution in [0, 0.1) is 11.6 Å². The van der Waals surface area contributed by atoms with E-state index in [0.29, 0.717) is 39.1 Å². The number of nitrogens with zero attached hydrogens (tertiary/aromatic N) is 2. The molecule has 0 atom stereocenters. The maximum Gasteiger partial charge on any atom is 0.317 e. The number of carbonyl (C=O) groups is 1. The molecule has 7 heteroatoms. The highest BCUT2D eigenvalue weighted by Gasteiger charge is 2.21. The summed E-state index contributed by atoms with van der Waals surface area (Å²) in [7, 11) is 0. The number of halogens is 3. The topological polar surface area (TPSA) is 35.6 Å². The zero-order valence-electron chi connectivity index (χ0n) is 14.2. The quantitative estimate of drug-likeness (QED) is 0.879. The van der Waals surface area contributed by atoms with Crippen molar-refractivity contribution in [1.29, 1.82) is 0 Å². The standard InChI is InChI=1S/C19H20ClF2N3O/c20-17-13-16(5-6-18(17)22)24-9-11-25(12-10-24)19(26)23-8-7-14-1-3-15(21)4-2-14/h1-6,13H,7-12H2,(H,23,26). The van der Waals surface area contributed by atoms with Crippen LogP contribution in [0.15, 0.2) is 42.5 Å². The summed E-state index contributed by atoms with van der Waals surface area (Å²) in [6.45, 7) is 2.98. The average molecular weight is 380 g/mol. The summed E-state index contributed by atoms with van der Waals surface area (Å²) in [6.07, 6.45) is 0.653. The molecule has 0 radical (unpaired) electrons. The van der Waals surface area contributed by atoms with Crippen molar-refractivity contribution in [2.75, 3.05) is 37.6 Å². The molecule has 0 saturated carbocycles. The van der Waals surface area contributed by atoms with E-state index in [1.165, 1.54) is 18.2 Å². The number of amides is 2. The highest BCUT2D eigenvalue weighted by atomic mass is 35.5. The molecule has 3 rings (SSSR count). The Balaban J connectivity index is 1.44. The molecule has 0 aliphatic carbocycles. The number of anilines is 1. The highest BCUT2D eigenvalue weighted by molar-refractivity contribution is 6.31. The van der Waals surface area contributed by atoms with Crippen molar-refractivity contribution in [1.82, 2.24) is 10.2 Å². The summed E-state index contributed by atoms with van der Waals surface area (Å²) >= 11 is 5.83. The van der Waals surface area contributed by atoms with E-state index in [1.54, 1.807) is 29.2 Å². The van der Waals surface area contributed by atoms with Crippen LogP contribution in [0.4, 0.5) is 19.3 Å². The van der Waals surface area contributed by atoms with Gasteiger partial charge in [0.05, 0.1) is 5.02 Å². The fourth-order valence-corrected chi connectivity index (χ4v) is 3.10. The zero-order chi connectivity index (χ0) is 18.5. The first kappa shape index (κ1) is 18.5. The van der Waals surface area contributed by atoms with E-state index in [9.17, 15) is 13.6 Å². The molecular formula is C19H20ClF2N3O. The predicted molar refractivity (Wildman–Crippen MR) is 98.7 cm³/mol. The van der Waals surface area contributed by atoms with Gasteiger partial charge >= 0.3 is 6.03 Å². The van der Waals surface area contributed by atoms with E-state index in [4.69, 9.17) is 11.6 Å². The number of rotatable bonds is 4. The van der Waals surface area contributed by atoms with Crippen LogP contribution in [-0.4, -0.2) is 43.7 Å². The molecule has 2 amide bonds. The lowest BCUT2D eigenvalue weighted by molar-refractivity contribution is 0.194. The Kier molecular flexibility index (Phi) is 5.93.